The van der Waals surface area contributed by atoms with E-state index in [4.69, 9.17) is 0 Å². The molecule has 7 nitrogen and oxygen atoms in total. The second-order valence-electron chi connectivity index (χ2n) is 6.80. The fourth-order valence-electron chi connectivity index (χ4n) is 3.01. The Morgan fingerprint density at radius 1 is 0.967 bits per heavy atom. The molecule has 0 bridgehead atoms. The number of amides is 1. The van der Waals surface area contributed by atoms with Crippen LogP contribution in [-0.2, 0) is 0 Å². The molecule has 150 valence electrons. The summed E-state index contributed by atoms with van der Waals surface area (Å²) < 4.78 is 1.72. The third-order valence-corrected chi connectivity index (χ3v) is 5.19. The van der Waals surface area contributed by atoms with Crippen LogP contribution in [-0.4, -0.2) is 30.6 Å². The van der Waals surface area contributed by atoms with Crippen LogP contribution in [0.3, 0.4) is 0 Å². The average Bonchev–Trinajstić information content (AvgIpc) is 3.21. The predicted octanol–water partition coefficient (Wildman–Crippen LogP) is 4.58. The van der Waals surface area contributed by atoms with Crippen molar-refractivity contribution in [3.63, 3.8) is 0 Å². The van der Waals surface area contributed by atoms with Crippen molar-refractivity contribution >= 4 is 23.4 Å². The summed E-state index contributed by atoms with van der Waals surface area (Å²) in [5, 5.41) is 8.96. The number of hydrogen-bond acceptors (Lipinski definition) is 6. The summed E-state index contributed by atoms with van der Waals surface area (Å²) >= 11 is 1.44. The van der Waals surface area contributed by atoms with Gasteiger partial charge in [0.2, 0.25) is 0 Å². The van der Waals surface area contributed by atoms with Crippen LogP contribution in [0.1, 0.15) is 35.8 Å². The van der Waals surface area contributed by atoms with Crippen LogP contribution in [0.2, 0.25) is 0 Å². The van der Waals surface area contributed by atoms with Gasteiger partial charge in [-0.05, 0) is 42.3 Å². The molecule has 0 atom stereocenters. The lowest BCUT2D eigenvalue weighted by molar-refractivity contribution is 0.102. The second kappa shape index (κ2) is 8.87. The molecule has 0 aliphatic carbocycles. The quantitative estimate of drug-likeness (QED) is 0.495. The summed E-state index contributed by atoms with van der Waals surface area (Å²) in [5.74, 6) is 0.544. The SMILES string of the molecule is CC(C)c1c(C(=O)Nc2ccnc(Sc3ccccn3)c2)cnn1-c1ccccn1. The Balaban J connectivity index is 1.57. The molecule has 1 N–H and O–H groups in total. The molecule has 4 aromatic rings. The molecule has 4 rings (SSSR count). The van der Waals surface area contributed by atoms with E-state index in [9.17, 15) is 4.79 Å². The topological polar surface area (TPSA) is 85.6 Å². The molecule has 0 saturated heterocycles. The monoisotopic (exact) mass is 416 g/mol. The number of carbonyl (C=O) groups excluding carboxylic acids is 1. The van der Waals surface area contributed by atoms with E-state index in [0.29, 0.717) is 17.1 Å². The van der Waals surface area contributed by atoms with Gasteiger partial charge in [0.25, 0.3) is 5.91 Å². The van der Waals surface area contributed by atoms with Crippen molar-refractivity contribution in [1.29, 1.82) is 0 Å². The Labute approximate surface area is 178 Å². The second-order valence-corrected chi connectivity index (χ2v) is 7.85. The number of nitrogens with one attached hydrogen (secondary N) is 1. The van der Waals surface area contributed by atoms with Crippen LogP contribution in [0.4, 0.5) is 5.69 Å². The molecular weight excluding hydrogens is 396 g/mol. The molecule has 0 aliphatic heterocycles. The zero-order valence-electron chi connectivity index (χ0n) is 16.6. The summed E-state index contributed by atoms with van der Waals surface area (Å²) in [5.41, 5.74) is 1.99. The fraction of sp³-hybridized carbons (Fsp3) is 0.136. The summed E-state index contributed by atoms with van der Waals surface area (Å²) in [7, 11) is 0. The van der Waals surface area contributed by atoms with Gasteiger partial charge >= 0.3 is 0 Å². The molecule has 0 fully saturated rings. The molecule has 0 spiro atoms. The van der Waals surface area contributed by atoms with Crippen LogP contribution in [0.5, 0.6) is 0 Å². The van der Waals surface area contributed by atoms with E-state index in [-0.39, 0.29) is 11.8 Å². The van der Waals surface area contributed by atoms with Crippen molar-refractivity contribution in [3.8, 4) is 5.82 Å². The van der Waals surface area contributed by atoms with Crippen molar-refractivity contribution in [2.24, 2.45) is 0 Å². The Hall–Kier alpha value is -3.52. The summed E-state index contributed by atoms with van der Waals surface area (Å²) in [6.07, 6.45) is 6.70. The zero-order valence-corrected chi connectivity index (χ0v) is 17.4. The number of hydrogen-bond donors (Lipinski definition) is 1. The number of carbonyl (C=O) groups is 1. The van der Waals surface area contributed by atoms with Gasteiger partial charge in [0.05, 0.1) is 17.5 Å². The first-order valence-corrected chi connectivity index (χ1v) is 10.3. The molecule has 0 aromatic carbocycles. The standard InChI is InChI=1S/C22H20N6OS/c1-15(2)21-17(14-26-28(21)18-7-3-5-10-23-18)22(29)27-16-9-12-25-20(13-16)30-19-8-4-6-11-24-19/h3-15H,1-2H3,(H,25,27,29). The van der Waals surface area contributed by atoms with E-state index in [2.05, 4.69) is 25.4 Å². The van der Waals surface area contributed by atoms with Gasteiger partial charge < -0.3 is 5.32 Å². The lowest BCUT2D eigenvalue weighted by Crippen LogP contribution is -2.15. The minimum atomic E-state index is -0.221. The minimum absolute atomic E-state index is 0.0861. The molecule has 4 aromatic heterocycles. The third-order valence-electron chi connectivity index (χ3n) is 4.30. The number of pyridine rings is 3. The first-order valence-electron chi connectivity index (χ1n) is 9.47. The zero-order chi connectivity index (χ0) is 20.9. The Morgan fingerprint density at radius 2 is 1.73 bits per heavy atom. The van der Waals surface area contributed by atoms with Gasteiger partial charge in [-0.2, -0.15) is 5.10 Å². The fourth-order valence-corrected chi connectivity index (χ4v) is 3.78. The average molecular weight is 417 g/mol. The van der Waals surface area contributed by atoms with E-state index in [1.807, 2.05) is 56.3 Å². The maximum Gasteiger partial charge on any atom is 0.259 e. The normalized spacial score (nSPS) is 10.9. The Morgan fingerprint density at radius 3 is 2.43 bits per heavy atom. The Bertz CT molecular complexity index is 1140. The maximum absolute atomic E-state index is 13.0. The highest BCUT2D eigenvalue weighted by molar-refractivity contribution is 7.99. The molecule has 0 radical (unpaired) electrons. The van der Waals surface area contributed by atoms with E-state index in [1.165, 1.54) is 11.8 Å². The first-order chi connectivity index (χ1) is 14.6. The third kappa shape index (κ3) is 4.38. The van der Waals surface area contributed by atoms with Crippen LogP contribution < -0.4 is 5.32 Å². The number of anilines is 1. The van der Waals surface area contributed by atoms with Crippen molar-refractivity contribution in [3.05, 3.63) is 84.6 Å². The van der Waals surface area contributed by atoms with Gasteiger partial charge in [-0.1, -0.05) is 37.7 Å². The van der Waals surface area contributed by atoms with Gasteiger partial charge in [0.1, 0.15) is 10.1 Å². The molecule has 1 amide bonds. The lowest BCUT2D eigenvalue weighted by atomic mass is 10.1. The van der Waals surface area contributed by atoms with Gasteiger partial charge in [-0.15, -0.1) is 0 Å². The summed E-state index contributed by atoms with van der Waals surface area (Å²) in [6, 6.07) is 14.9. The highest BCUT2D eigenvalue weighted by Gasteiger charge is 2.21. The first kappa shape index (κ1) is 19.8. The maximum atomic E-state index is 13.0. The predicted molar refractivity (Wildman–Crippen MR) is 116 cm³/mol. The van der Waals surface area contributed by atoms with Crippen LogP contribution in [0, 0.1) is 0 Å². The molecule has 0 aliphatic rings. The largest absolute Gasteiger partial charge is 0.322 e. The molecule has 0 saturated carbocycles. The smallest absolute Gasteiger partial charge is 0.259 e. The van der Waals surface area contributed by atoms with Crippen LogP contribution >= 0.6 is 11.8 Å². The molecular formula is C22H20N6OS. The molecule has 0 unspecified atom stereocenters. The van der Waals surface area contributed by atoms with E-state index in [1.54, 1.807) is 35.5 Å². The van der Waals surface area contributed by atoms with Crippen molar-refractivity contribution in [2.75, 3.05) is 5.32 Å². The molecule has 4 heterocycles. The van der Waals surface area contributed by atoms with Gasteiger partial charge in [-0.25, -0.2) is 19.6 Å². The van der Waals surface area contributed by atoms with Gasteiger partial charge in [-0.3, -0.25) is 4.79 Å². The van der Waals surface area contributed by atoms with Gasteiger partial charge in [0, 0.05) is 24.3 Å². The summed E-state index contributed by atoms with van der Waals surface area (Å²) in [6.45, 7) is 4.06. The Kier molecular flexibility index (Phi) is 5.85. The number of aromatic nitrogens is 5. The van der Waals surface area contributed by atoms with Gasteiger partial charge in [0.15, 0.2) is 5.82 Å². The molecule has 30 heavy (non-hydrogen) atoms. The van der Waals surface area contributed by atoms with E-state index >= 15 is 0 Å². The highest BCUT2D eigenvalue weighted by atomic mass is 32.2. The minimum Gasteiger partial charge on any atom is -0.322 e. The highest BCUT2D eigenvalue weighted by Crippen LogP contribution is 2.27. The van der Waals surface area contributed by atoms with Crippen molar-refractivity contribution < 1.29 is 4.79 Å². The van der Waals surface area contributed by atoms with Crippen molar-refractivity contribution in [1.82, 2.24) is 24.7 Å². The number of nitrogens with zero attached hydrogens (tertiary/aromatic N) is 5. The van der Waals surface area contributed by atoms with Crippen molar-refractivity contribution in [2.45, 2.75) is 29.8 Å². The van der Waals surface area contributed by atoms with E-state index in [0.717, 1.165) is 15.7 Å². The lowest BCUT2D eigenvalue weighted by Gasteiger charge is -2.12. The van der Waals surface area contributed by atoms with E-state index < -0.39 is 0 Å². The molecule has 8 heteroatoms. The van der Waals surface area contributed by atoms with Crippen LogP contribution in [0.25, 0.3) is 5.82 Å². The number of rotatable bonds is 6. The summed E-state index contributed by atoms with van der Waals surface area (Å²) in [4.78, 5) is 26.0. The van der Waals surface area contributed by atoms with Crippen LogP contribution in [0.15, 0.2) is 83.4 Å².